The van der Waals surface area contributed by atoms with E-state index < -0.39 is 11.5 Å². The Morgan fingerprint density at radius 1 is 1.64 bits per heavy atom. The van der Waals surface area contributed by atoms with Crippen molar-refractivity contribution in [3.63, 3.8) is 0 Å². The molecule has 0 aromatic carbocycles. The van der Waals surface area contributed by atoms with E-state index in [1.807, 2.05) is 20.8 Å². The summed E-state index contributed by atoms with van der Waals surface area (Å²) in [5.74, 6) is -0.763. The van der Waals surface area contributed by atoms with Crippen LogP contribution >= 0.6 is 0 Å². The highest BCUT2D eigenvalue weighted by Crippen LogP contribution is 2.25. The molecule has 0 radical (unpaired) electrons. The van der Waals surface area contributed by atoms with Crippen molar-refractivity contribution < 1.29 is 14.6 Å². The molecule has 82 valence electrons. The average Bonchev–Trinajstić information content (AvgIpc) is 2.02. The molecule has 14 heavy (non-hydrogen) atoms. The molecule has 2 unspecified atom stereocenters. The zero-order valence-electron chi connectivity index (χ0n) is 9.04. The standard InChI is InChI=1S/C10H19NO3/c1-7(2)11-10(9(12)13)4-5-14-8(3)6-10/h7-8,11H,4-6H2,1-3H3,(H,12,13). The molecule has 4 heteroatoms. The second-order valence-electron chi connectivity index (χ2n) is 4.32. The fraction of sp³-hybridized carbons (Fsp3) is 0.900. The van der Waals surface area contributed by atoms with Gasteiger partial charge in [-0.05, 0) is 27.2 Å². The van der Waals surface area contributed by atoms with Gasteiger partial charge in [0, 0.05) is 19.1 Å². The van der Waals surface area contributed by atoms with Crippen LogP contribution in [-0.4, -0.2) is 35.4 Å². The molecule has 1 saturated heterocycles. The van der Waals surface area contributed by atoms with Crippen molar-refractivity contribution in [2.75, 3.05) is 6.61 Å². The summed E-state index contributed by atoms with van der Waals surface area (Å²) in [6, 6.07) is 0.177. The van der Waals surface area contributed by atoms with Crippen molar-refractivity contribution in [1.29, 1.82) is 0 Å². The lowest BCUT2D eigenvalue weighted by atomic mass is 9.86. The zero-order chi connectivity index (χ0) is 10.8. The van der Waals surface area contributed by atoms with Crippen LogP contribution in [0.5, 0.6) is 0 Å². The van der Waals surface area contributed by atoms with E-state index in [2.05, 4.69) is 5.32 Å². The maximum absolute atomic E-state index is 11.2. The largest absolute Gasteiger partial charge is 0.480 e. The van der Waals surface area contributed by atoms with Crippen LogP contribution in [0.3, 0.4) is 0 Å². The van der Waals surface area contributed by atoms with Crippen molar-refractivity contribution in [3.05, 3.63) is 0 Å². The summed E-state index contributed by atoms with van der Waals surface area (Å²) in [5, 5.41) is 12.4. The molecular formula is C10H19NO3. The van der Waals surface area contributed by atoms with Gasteiger partial charge in [-0.2, -0.15) is 0 Å². The van der Waals surface area contributed by atoms with Gasteiger partial charge in [-0.3, -0.25) is 10.1 Å². The Labute approximate surface area is 84.6 Å². The first-order valence-electron chi connectivity index (χ1n) is 5.09. The van der Waals surface area contributed by atoms with Crippen LogP contribution in [0.4, 0.5) is 0 Å². The summed E-state index contributed by atoms with van der Waals surface area (Å²) in [5.41, 5.74) is -0.786. The zero-order valence-corrected chi connectivity index (χ0v) is 9.04. The minimum atomic E-state index is -0.786. The van der Waals surface area contributed by atoms with Gasteiger partial charge in [0.15, 0.2) is 0 Å². The molecule has 0 aliphatic carbocycles. The second kappa shape index (κ2) is 4.28. The van der Waals surface area contributed by atoms with E-state index in [-0.39, 0.29) is 12.1 Å². The minimum absolute atomic E-state index is 0.0195. The van der Waals surface area contributed by atoms with Gasteiger partial charge >= 0.3 is 5.97 Å². The number of carboxylic acids is 1. The van der Waals surface area contributed by atoms with Crippen LogP contribution in [0.15, 0.2) is 0 Å². The van der Waals surface area contributed by atoms with Crippen molar-refractivity contribution >= 4 is 5.97 Å². The van der Waals surface area contributed by atoms with Crippen molar-refractivity contribution in [2.45, 2.75) is 51.3 Å². The molecule has 1 fully saturated rings. The predicted octanol–water partition coefficient (Wildman–Crippen LogP) is 1.01. The molecule has 2 atom stereocenters. The molecule has 0 aromatic heterocycles. The Kier molecular flexibility index (Phi) is 3.50. The molecule has 1 heterocycles. The molecule has 0 bridgehead atoms. The Bertz CT molecular complexity index is 213. The number of hydrogen-bond acceptors (Lipinski definition) is 3. The average molecular weight is 201 g/mol. The van der Waals surface area contributed by atoms with Crippen LogP contribution in [-0.2, 0) is 9.53 Å². The Hall–Kier alpha value is -0.610. The number of rotatable bonds is 3. The number of carbonyl (C=O) groups is 1. The van der Waals surface area contributed by atoms with Crippen LogP contribution in [0.1, 0.15) is 33.6 Å². The summed E-state index contributed by atoms with van der Waals surface area (Å²) in [6.07, 6.45) is 1.11. The smallest absolute Gasteiger partial charge is 0.324 e. The van der Waals surface area contributed by atoms with Gasteiger partial charge in [0.25, 0.3) is 0 Å². The van der Waals surface area contributed by atoms with E-state index in [1.54, 1.807) is 0 Å². The summed E-state index contributed by atoms with van der Waals surface area (Å²) in [4.78, 5) is 11.2. The lowest BCUT2D eigenvalue weighted by Crippen LogP contribution is -2.59. The first kappa shape index (κ1) is 11.5. The van der Waals surface area contributed by atoms with Crippen LogP contribution < -0.4 is 5.32 Å². The lowest BCUT2D eigenvalue weighted by molar-refractivity contribution is -0.152. The normalized spacial score (nSPS) is 33.3. The molecule has 0 saturated carbocycles. The topological polar surface area (TPSA) is 58.6 Å². The van der Waals surface area contributed by atoms with Crippen molar-refractivity contribution in [3.8, 4) is 0 Å². The monoisotopic (exact) mass is 201 g/mol. The van der Waals surface area contributed by atoms with E-state index in [9.17, 15) is 9.90 Å². The summed E-state index contributed by atoms with van der Waals surface area (Å²) in [6.45, 7) is 6.36. The van der Waals surface area contributed by atoms with Gasteiger partial charge < -0.3 is 9.84 Å². The van der Waals surface area contributed by atoms with E-state index >= 15 is 0 Å². The van der Waals surface area contributed by atoms with E-state index in [0.717, 1.165) is 0 Å². The summed E-state index contributed by atoms with van der Waals surface area (Å²) in [7, 11) is 0. The second-order valence-corrected chi connectivity index (χ2v) is 4.32. The summed E-state index contributed by atoms with van der Waals surface area (Å²) < 4.78 is 5.36. The first-order valence-corrected chi connectivity index (χ1v) is 5.09. The van der Waals surface area contributed by atoms with Gasteiger partial charge in [0.05, 0.1) is 6.10 Å². The SMILES string of the molecule is CC(C)NC1(C(=O)O)CCOC(C)C1. The molecule has 1 rings (SSSR count). The van der Waals surface area contributed by atoms with Crippen molar-refractivity contribution in [2.24, 2.45) is 0 Å². The molecule has 2 N–H and O–H groups in total. The Balaban J connectivity index is 2.75. The molecule has 0 amide bonds. The molecule has 4 nitrogen and oxygen atoms in total. The van der Waals surface area contributed by atoms with Gasteiger partial charge in [-0.25, -0.2) is 0 Å². The number of nitrogens with one attached hydrogen (secondary N) is 1. The van der Waals surface area contributed by atoms with Crippen LogP contribution in [0, 0.1) is 0 Å². The highest BCUT2D eigenvalue weighted by Gasteiger charge is 2.42. The summed E-state index contributed by atoms with van der Waals surface area (Å²) >= 11 is 0. The third-order valence-electron chi connectivity index (χ3n) is 2.54. The number of ether oxygens (including phenoxy) is 1. The van der Waals surface area contributed by atoms with Gasteiger partial charge in [0.1, 0.15) is 5.54 Å². The number of hydrogen-bond donors (Lipinski definition) is 2. The third kappa shape index (κ3) is 2.45. The lowest BCUT2D eigenvalue weighted by Gasteiger charge is -2.38. The fourth-order valence-electron chi connectivity index (χ4n) is 2.03. The molecular weight excluding hydrogens is 182 g/mol. The number of aliphatic carboxylic acids is 1. The van der Waals surface area contributed by atoms with Crippen molar-refractivity contribution in [1.82, 2.24) is 5.32 Å². The Morgan fingerprint density at radius 2 is 2.29 bits per heavy atom. The highest BCUT2D eigenvalue weighted by molar-refractivity contribution is 5.79. The minimum Gasteiger partial charge on any atom is -0.480 e. The Morgan fingerprint density at radius 3 is 2.71 bits per heavy atom. The van der Waals surface area contributed by atoms with Crippen LogP contribution in [0.25, 0.3) is 0 Å². The van der Waals surface area contributed by atoms with E-state index in [0.29, 0.717) is 19.4 Å². The molecule has 1 aliphatic rings. The van der Waals surface area contributed by atoms with E-state index in [1.165, 1.54) is 0 Å². The van der Waals surface area contributed by atoms with E-state index in [4.69, 9.17) is 4.74 Å². The number of carboxylic acid groups (broad SMARTS) is 1. The maximum atomic E-state index is 11.2. The quantitative estimate of drug-likeness (QED) is 0.715. The van der Waals surface area contributed by atoms with Gasteiger partial charge in [0.2, 0.25) is 0 Å². The third-order valence-corrected chi connectivity index (χ3v) is 2.54. The maximum Gasteiger partial charge on any atom is 0.324 e. The molecule has 1 aliphatic heterocycles. The fourth-order valence-corrected chi connectivity index (χ4v) is 2.03. The highest BCUT2D eigenvalue weighted by atomic mass is 16.5. The van der Waals surface area contributed by atoms with Crippen LogP contribution in [0.2, 0.25) is 0 Å². The molecule has 0 aromatic rings. The van der Waals surface area contributed by atoms with Gasteiger partial charge in [-0.1, -0.05) is 0 Å². The predicted molar refractivity (Wildman–Crippen MR) is 53.3 cm³/mol. The first-order chi connectivity index (χ1) is 6.46. The molecule has 0 spiro atoms. The van der Waals surface area contributed by atoms with Gasteiger partial charge in [-0.15, -0.1) is 0 Å².